The number of ether oxygens (including phenoxy) is 2. The van der Waals surface area contributed by atoms with E-state index in [4.69, 9.17) is 13.9 Å². The third-order valence-corrected chi connectivity index (χ3v) is 10.3. The van der Waals surface area contributed by atoms with Crippen molar-refractivity contribution in [2.45, 2.75) is 97.0 Å². The fourth-order valence-electron chi connectivity index (χ4n) is 8.63. The number of esters is 2. The molecule has 0 bridgehead atoms. The van der Waals surface area contributed by atoms with Gasteiger partial charge in [0.25, 0.3) is 0 Å². The SMILES string of the molecule is COC(=O)[C@@H]1C[C@H](CC(C)=O)C(=O)[C@H]2[C@@]1(C)CC[C@H]1C(=O)O[C@H](c3ccoc3C3CCCCC3)C[C@]21C. The first-order valence-corrected chi connectivity index (χ1v) is 14.0. The number of fused-ring (bicyclic) bond motifs is 3. The summed E-state index contributed by atoms with van der Waals surface area (Å²) in [5.74, 6) is -1.43. The van der Waals surface area contributed by atoms with Crippen LogP contribution in [0.4, 0.5) is 0 Å². The minimum atomic E-state index is -0.701. The molecular formula is C30H40O7. The zero-order valence-corrected chi connectivity index (χ0v) is 22.5. The zero-order chi connectivity index (χ0) is 26.5. The first-order valence-electron chi connectivity index (χ1n) is 14.0. The van der Waals surface area contributed by atoms with Gasteiger partial charge in [-0.25, -0.2) is 0 Å². The Morgan fingerprint density at radius 1 is 1.08 bits per heavy atom. The Labute approximate surface area is 219 Å². The van der Waals surface area contributed by atoms with E-state index in [1.54, 1.807) is 6.26 Å². The lowest BCUT2D eigenvalue weighted by Crippen LogP contribution is -2.63. The molecular weight excluding hydrogens is 472 g/mol. The summed E-state index contributed by atoms with van der Waals surface area (Å²) in [5.41, 5.74) is -0.430. The molecule has 4 aliphatic rings. The fourth-order valence-corrected chi connectivity index (χ4v) is 8.63. The molecule has 2 heterocycles. The Morgan fingerprint density at radius 3 is 2.49 bits per heavy atom. The number of carbonyl (C=O) groups is 4. The molecule has 0 N–H and O–H groups in total. The van der Waals surface area contributed by atoms with Gasteiger partial charge < -0.3 is 18.7 Å². The second-order valence-electron chi connectivity index (χ2n) is 12.6. The monoisotopic (exact) mass is 512 g/mol. The second-order valence-corrected chi connectivity index (χ2v) is 12.6. The standard InChI is InChI=1S/C30H40O7/c1-17(31)14-19-15-22(27(33)35-4)29(2)12-10-21-28(34)37-23(16-30(21,3)26(29)24(19)32)20-11-13-36-25(20)18-8-6-5-7-9-18/h11,13,18-19,21-23,26H,5-10,12,14-16H2,1-4H3/t19-,21-,22-,23-,26-,29-,30-/m0/s1. The van der Waals surface area contributed by atoms with Crippen LogP contribution in [0.25, 0.3) is 0 Å². The average molecular weight is 513 g/mol. The maximum Gasteiger partial charge on any atom is 0.310 e. The smallest absolute Gasteiger partial charge is 0.310 e. The number of methoxy groups -OCH3 is 1. The third kappa shape index (κ3) is 4.26. The van der Waals surface area contributed by atoms with Crippen molar-refractivity contribution in [1.82, 2.24) is 0 Å². The van der Waals surface area contributed by atoms with Gasteiger partial charge in [0.15, 0.2) is 0 Å². The third-order valence-electron chi connectivity index (χ3n) is 10.3. The van der Waals surface area contributed by atoms with Crippen molar-refractivity contribution in [1.29, 1.82) is 0 Å². The van der Waals surface area contributed by atoms with Crippen LogP contribution in [0, 0.1) is 34.5 Å². The van der Waals surface area contributed by atoms with Crippen molar-refractivity contribution < 1.29 is 33.1 Å². The second kappa shape index (κ2) is 9.70. The summed E-state index contributed by atoms with van der Waals surface area (Å²) in [6.45, 7) is 5.54. The molecule has 0 aromatic carbocycles. The summed E-state index contributed by atoms with van der Waals surface area (Å²) < 4.78 is 17.3. The first-order chi connectivity index (χ1) is 17.6. The molecule has 0 radical (unpaired) electrons. The van der Waals surface area contributed by atoms with Crippen molar-refractivity contribution in [3.8, 4) is 0 Å². The molecule has 4 fully saturated rings. The van der Waals surface area contributed by atoms with Gasteiger partial charge in [-0.1, -0.05) is 33.1 Å². The molecule has 0 unspecified atom stereocenters. The van der Waals surface area contributed by atoms with Gasteiger partial charge in [-0.3, -0.25) is 14.4 Å². The van der Waals surface area contributed by atoms with E-state index in [1.807, 2.05) is 19.9 Å². The van der Waals surface area contributed by atoms with Crippen molar-refractivity contribution in [2.24, 2.45) is 34.5 Å². The lowest BCUT2D eigenvalue weighted by atomic mass is 9.42. The highest BCUT2D eigenvalue weighted by atomic mass is 16.5. The number of hydrogen-bond donors (Lipinski definition) is 0. The van der Waals surface area contributed by atoms with Crippen molar-refractivity contribution in [2.75, 3.05) is 7.11 Å². The van der Waals surface area contributed by atoms with Gasteiger partial charge in [-0.15, -0.1) is 0 Å². The van der Waals surface area contributed by atoms with E-state index >= 15 is 0 Å². The van der Waals surface area contributed by atoms with Gasteiger partial charge >= 0.3 is 11.9 Å². The molecule has 202 valence electrons. The van der Waals surface area contributed by atoms with E-state index in [-0.39, 0.29) is 29.9 Å². The maximum atomic E-state index is 14.2. The Balaban J connectivity index is 1.54. The molecule has 37 heavy (non-hydrogen) atoms. The number of Topliss-reactive ketones (excluding diaryl/α,β-unsaturated/α-hetero) is 2. The Kier molecular flexibility index (Phi) is 6.86. The van der Waals surface area contributed by atoms with E-state index in [0.717, 1.165) is 37.0 Å². The van der Waals surface area contributed by atoms with E-state index < -0.39 is 40.6 Å². The van der Waals surface area contributed by atoms with Gasteiger partial charge in [0.05, 0.1) is 25.2 Å². The van der Waals surface area contributed by atoms with Gasteiger partial charge in [0, 0.05) is 29.7 Å². The highest BCUT2D eigenvalue weighted by Crippen LogP contribution is 2.66. The minimum Gasteiger partial charge on any atom is -0.469 e. The number of ketones is 2. The van der Waals surface area contributed by atoms with Crippen LogP contribution >= 0.6 is 0 Å². The molecule has 7 heteroatoms. The van der Waals surface area contributed by atoms with Crippen LogP contribution in [0.5, 0.6) is 0 Å². The lowest BCUT2D eigenvalue weighted by Gasteiger charge is -2.61. The quantitative estimate of drug-likeness (QED) is 0.466. The van der Waals surface area contributed by atoms with Crippen LogP contribution in [-0.4, -0.2) is 30.6 Å². The zero-order valence-electron chi connectivity index (χ0n) is 22.5. The largest absolute Gasteiger partial charge is 0.469 e. The summed E-state index contributed by atoms with van der Waals surface area (Å²) >= 11 is 0. The van der Waals surface area contributed by atoms with Crippen molar-refractivity contribution in [3.05, 3.63) is 23.7 Å². The minimum absolute atomic E-state index is 0.0122. The highest BCUT2D eigenvalue weighted by Gasteiger charge is 2.67. The van der Waals surface area contributed by atoms with Gasteiger partial charge in [0.2, 0.25) is 0 Å². The van der Waals surface area contributed by atoms with Crippen molar-refractivity contribution >= 4 is 23.5 Å². The summed E-state index contributed by atoms with van der Waals surface area (Å²) in [5, 5.41) is 0. The van der Waals surface area contributed by atoms with Gasteiger partial charge in [0.1, 0.15) is 23.4 Å². The topological polar surface area (TPSA) is 99.9 Å². The van der Waals surface area contributed by atoms with Crippen LogP contribution in [0.1, 0.15) is 108 Å². The molecule has 1 aliphatic heterocycles. The summed E-state index contributed by atoms with van der Waals surface area (Å²) in [6.07, 6.45) is 8.93. The van der Waals surface area contributed by atoms with Gasteiger partial charge in [-0.2, -0.15) is 0 Å². The molecule has 3 aliphatic carbocycles. The van der Waals surface area contributed by atoms with Crippen LogP contribution in [0.2, 0.25) is 0 Å². The molecule has 0 spiro atoms. The lowest BCUT2D eigenvalue weighted by molar-refractivity contribution is -0.205. The predicted molar refractivity (Wildman–Crippen MR) is 134 cm³/mol. The predicted octanol–water partition coefficient (Wildman–Crippen LogP) is 5.71. The number of hydrogen-bond acceptors (Lipinski definition) is 7. The van der Waals surface area contributed by atoms with E-state index in [0.29, 0.717) is 31.6 Å². The van der Waals surface area contributed by atoms with Crippen LogP contribution in [0.3, 0.4) is 0 Å². The summed E-state index contributed by atoms with van der Waals surface area (Å²) in [6, 6.07) is 1.92. The fraction of sp³-hybridized carbons (Fsp3) is 0.733. The average Bonchev–Trinajstić information content (AvgIpc) is 3.35. The molecule has 5 rings (SSSR count). The van der Waals surface area contributed by atoms with Crippen LogP contribution < -0.4 is 0 Å². The number of rotatable bonds is 5. The molecule has 1 aromatic rings. The molecule has 7 atom stereocenters. The van der Waals surface area contributed by atoms with Crippen molar-refractivity contribution in [3.63, 3.8) is 0 Å². The Bertz CT molecular complexity index is 1080. The van der Waals surface area contributed by atoms with Crippen LogP contribution in [0.15, 0.2) is 16.7 Å². The molecule has 1 aromatic heterocycles. The number of carbonyl (C=O) groups excluding carboxylic acids is 4. The Hall–Kier alpha value is -2.44. The maximum absolute atomic E-state index is 14.2. The molecule has 0 amide bonds. The normalized spacial score (nSPS) is 38.3. The highest BCUT2D eigenvalue weighted by molar-refractivity contribution is 5.93. The first kappa shape index (κ1) is 26.2. The Morgan fingerprint density at radius 2 is 1.81 bits per heavy atom. The van der Waals surface area contributed by atoms with E-state index in [9.17, 15) is 19.2 Å². The number of cyclic esters (lactones) is 1. The van der Waals surface area contributed by atoms with E-state index in [1.165, 1.54) is 20.5 Å². The molecule has 7 nitrogen and oxygen atoms in total. The molecule has 1 saturated heterocycles. The van der Waals surface area contributed by atoms with Gasteiger partial charge in [-0.05, 0) is 62.3 Å². The summed E-state index contributed by atoms with van der Waals surface area (Å²) in [4.78, 5) is 52.8. The summed E-state index contributed by atoms with van der Waals surface area (Å²) in [7, 11) is 1.38. The van der Waals surface area contributed by atoms with Crippen LogP contribution in [-0.2, 0) is 28.7 Å². The number of furan rings is 1. The molecule has 3 saturated carbocycles. The van der Waals surface area contributed by atoms with E-state index in [2.05, 4.69) is 0 Å².